The highest BCUT2D eigenvalue weighted by Crippen LogP contribution is 2.23. The Morgan fingerprint density at radius 3 is 2.52 bits per heavy atom. The van der Waals surface area contributed by atoms with Gasteiger partial charge in [-0.25, -0.2) is 0 Å². The Morgan fingerprint density at radius 1 is 1.19 bits per heavy atom. The van der Waals surface area contributed by atoms with Crippen molar-refractivity contribution < 1.29 is 14.6 Å². The van der Waals surface area contributed by atoms with Crippen LogP contribution in [0.1, 0.15) is 28.4 Å². The van der Waals surface area contributed by atoms with E-state index in [0.717, 1.165) is 12.0 Å². The molecule has 110 valence electrons. The third-order valence-corrected chi connectivity index (χ3v) is 3.39. The minimum Gasteiger partial charge on any atom is -0.507 e. The fourth-order valence-electron chi connectivity index (χ4n) is 2.18. The van der Waals surface area contributed by atoms with Crippen LogP contribution in [0, 0.1) is 0 Å². The molecule has 0 aliphatic carbocycles. The van der Waals surface area contributed by atoms with Crippen LogP contribution in [0.15, 0.2) is 42.5 Å². The summed E-state index contributed by atoms with van der Waals surface area (Å²) in [5.41, 5.74) is 2.53. The quantitative estimate of drug-likeness (QED) is 0.888. The van der Waals surface area contributed by atoms with E-state index >= 15 is 0 Å². The van der Waals surface area contributed by atoms with E-state index in [1.807, 2.05) is 24.3 Å². The van der Waals surface area contributed by atoms with Crippen molar-refractivity contribution in [1.82, 2.24) is 5.32 Å². The summed E-state index contributed by atoms with van der Waals surface area (Å²) >= 11 is 0. The second kappa shape index (κ2) is 6.79. The Morgan fingerprint density at radius 2 is 1.90 bits per heavy atom. The van der Waals surface area contributed by atoms with Crippen molar-refractivity contribution >= 4 is 5.91 Å². The van der Waals surface area contributed by atoms with Crippen molar-refractivity contribution in [3.63, 3.8) is 0 Å². The molecule has 0 spiro atoms. The lowest BCUT2D eigenvalue weighted by molar-refractivity contribution is 0.0948. The molecule has 4 heteroatoms. The minimum atomic E-state index is -0.305. The molecule has 0 bridgehead atoms. The van der Waals surface area contributed by atoms with Gasteiger partial charge in [0.25, 0.3) is 5.91 Å². The van der Waals surface area contributed by atoms with Gasteiger partial charge in [0.05, 0.1) is 12.7 Å². The number of hydrogen-bond donors (Lipinski definition) is 2. The zero-order valence-electron chi connectivity index (χ0n) is 12.2. The summed E-state index contributed by atoms with van der Waals surface area (Å²) in [7, 11) is 1.51. The second-order valence-electron chi connectivity index (χ2n) is 4.69. The van der Waals surface area contributed by atoms with Gasteiger partial charge in [-0.3, -0.25) is 4.79 Å². The molecule has 0 aliphatic rings. The van der Waals surface area contributed by atoms with Crippen LogP contribution >= 0.6 is 0 Å². The van der Waals surface area contributed by atoms with Crippen molar-refractivity contribution in [3.8, 4) is 11.5 Å². The fourth-order valence-corrected chi connectivity index (χ4v) is 2.18. The van der Waals surface area contributed by atoms with Crippen LogP contribution in [0.4, 0.5) is 0 Å². The van der Waals surface area contributed by atoms with Crippen molar-refractivity contribution in [2.24, 2.45) is 0 Å². The molecule has 21 heavy (non-hydrogen) atoms. The molecular weight excluding hydrogens is 266 g/mol. The summed E-state index contributed by atoms with van der Waals surface area (Å²) < 4.78 is 5.00. The molecule has 0 heterocycles. The number of nitrogens with one attached hydrogen (secondary N) is 1. The standard InChI is InChI=1S/C17H19NO3/c1-3-12-6-4-5-7-13(12)11-18-17(20)15-9-8-14(21-2)10-16(15)19/h4-10,19H,3,11H2,1-2H3,(H,18,20). The Hall–Kier alpha value is -2.49. The molecule has 0 unspecified atom stereocenters. The molecule has 2 aromatic rings. The number of phenolic OH excluding ortho intramolecular Hbond substituents is 1. The van der Waals surface area contributed by atoms with Crippen molar-refractivity contribution in [1.29, 1.82) is 0 Å². The number of ether oxygens (including phenoxy) is 1. The Labute approximate surface area is 124 Å². The van der Waals surface area contributed by atoms with Gasteiger partial charge in [0.2, 0.25) is 0 Å². The average Bonchev–Trinajstić information content (AvgIpc) is 2.52. The highest BCUT2D eigenvalue weighted by atomic mass is 16.5. The third kappa shape index (κ3) is 3.54. The van der Waals surface area contributed by atoms with Crippen LogP contribution in [-0.2, 0) is 13.0 Å². The van der Waals surface area contributed by atoms with Gasteiger partial charge in [0.15, 0.2) is 0 Å². The molecule has 1 amide bonds. The molecule has 2 aromatic carbocycles. The normalized spacial score (nSPS) is 10.2. The van der Waals surface area contributed by atoms with Crippen LogP contribution < -0.4 is 10.1 Å². The number of amides is 1. The summed E-state index contributed by atoms with van der Waals surface area (Å²) in [4.78, 5) is 12.1. The molecule has 0 atom stereocenters. The molecule has 0 saturated carbocycles. The molecular formula is C17H19NO3. The molecule has 2 N–H and O–H groups in total. The average molecular weight is 285 g/mol. The number of carbonyl (C=O) groups excluding carboxylic acids is 1. The van der Waals surface area contributed by atoms with Crippen molar-refractivity contribution in [2.75, 3.05) is 7.11 Å². The highest BCUT2D eigenvalue weighted by molar-refractivity contribution is 5.96. The highest BCUT2D eigenvalue weighted by Gasteiger charge is 2.12. The Balaban J connectivity index is 2.08. The predicted molar refractivity (Wildman–Crippen MR) is 81.6 cm³/mol. The largest absolute Gasteiger partial charge is 0.507 e. The van der Waals surface area contributed by atoms with Gasteiger partial charge in [-0.05, 0) is 29.7 Å². The van der Waals surface area contributed by atoms with Crippen molar-refractivity contribution in [2.45, 2.75) is 19.9 Å². The number of hydrogen-bond acceptors (Lipinski definition) is 3. The van der Waals surface area contributed by atoms with Gasteiger partial charge >= 0.3 is 0 Å². The van der Waals surface area contributed by atoms with Crippen LogP contribution in [-0.4, -0.2) is 18.1 Å². The maximum Gasteiger partial charge on any atom is 0.255 e. The number of phenols is 1. The van der Waals surface area contributed by atoms with Crippen LogP contribution in [0.2, 0.25) is 0 Å². The number of methoxy groups -OCH3 is 1. The lowest BCUT2D eigenvalue weighted by Gasteiger charge is -2.10. The monoisotopic (exact) mass is 285 g/mol. The van der Waals surface area contributed by atoms with Crippen LogP contribution in [0.5, 0.6) is 11.5 Å². The Kier molecular flexibility index (Phi) is 4.82. The Bertz CT molecular complexity index is 638. The van der Waals surface area contributed by atoms with Gasteiger partial charge in [-0.1, -0.05) is 31.2 Å². The van der Waals surface area contributed by atoms with Gasteiger partial charge in [-0.15, -0.1) is 0 Å². The number of aromatic hydroxyl groups is 1. The van der Waals surface area contributed by atoms with E-state index in [9.17, 15) is 9.90 Å². The maximum atomic E-state index is 12.1. The van der Waals surface area contributed by atoms with E-state index in [2.05, 4.69) is 12.2 Å². The molecule has 0 aromatic heterocycles. The van der Waals surface area contributed by atoms with E-state index in [1.165, 1.54) is 18.7 Å². The molecule has 4 nitrogen and oxygen atoms in total. The predicted octanol–water partition coefficient (Wildman–Crippen LogP) is 2.89. The SMILES string of the molecule is CCc1ccccc1CNC(=O)c1ccc(OC)cc1O. The summed E-state index contributed by atoms with van der Waals surface area (Å²) in [6.07, 6.45) is 0.916. The summed E-state index contributed by atoms with van der Waals surface area (Å²) in [6, 6.07) is 12.6. The molecule has 0 saturated heterocycles. The topological polar surface area (TPSA) is 58.6 Å². The van der Waals surface area contributed by atoms with Gasteiger partial charge in [0, 0.05) is 12.6 Å². The van der Waals surface area contributed by atoms with E-state index in [0.29, 0.717) is 12.3 Å². The summed E-state index contributed by atoms with van der Waals surface area (Å²) in [5, 5.41) is 12.7. The van der Waals surface area contributed by atoms with Gasteiger partial charge in [0.1, 0.15) is 11.5 Å². The molecule has 0 fully saturated rings. The van der Waals surface area contributed by atoms with E-state index in [1.54, 1.807) is 12.1 Å². The number of rotatable bonds is 5. The first-order valence-corrected chi connectivity index (χ1v) is 6.87. The molecule has 2 rings (SSSR count). The van der Waals surface area contributed by atoms with E-state index in [-0.39, 0.29) is 17.2 Å². The summed E-state index contributed by atoms with van der Waals surface area (Å²) in [5.74, 6) is 0.122. The minimum absolute atomic E-state index is 0.0874. The molecule has 0 radical (unpaired) electrons. The van der Waals surface area contributed by atoms with Crippen LogP contribution in [0.3, 0.4) is 0 Å². The van der Waals surface area contributed by atoms with E-state index in [4.69, 9.17) is 4.74 Å². The lowest BCUT2D eigenvalue weighted by Crippen LogP contribution is -2.23. The van der Waals surface area contributed by atoms with Gasteiger partial charge in [-0.2, -0.15) is 0 Å². The van der Waals surface area contributed by atoms with E-state index < -0.39 is 0 Å². The number of aryl methyl sites for hydroxylation is 1. The summed E-state index contributed by atoms with van der Waals surface area (Å²) in [6.45, 7) is 2.52. The zero-order valence-corrected chi connectivity index (χ0v) is 12.2. The number of benzene rings is 2. The molecule has 0 aliphatic heterocycles. The lowest BCUT2D eigenvalue weighted by atomic mass is 10.1. The maximum absolute atomic E-state index is 12.1. The van der Waals surface area contributed by atoms with Crippen LogP contribution in [0.25, 0.3) is 0 Å². The second-order valence-corrected chi connectivity index (χ2v) is 4.69. The van der Waals surface area contributed by atoms with Gasteiger partial charge < -0.3 is 15.2 Å². The smallest absolute Gasteiger partial charge is 0.255 e. The third-order valence-electron chi connectivity index (χ3n) is 3.39. The first-order chi connectivity index (χ1) is 10.2. The first-order valence-electron chi connectivity index (χ1n) is 6.87. The number of carbonyl (C=O) groups is 1. The fraction of sp³-hybridized carbons (Fsp3) is 0.235. The first kappa shape index (κ1) is 14.9. The zero-order chi connectivity index (χ0) is 15.2. The van der Waals surface area contributed by atoms with Crippen molar-refractivity contribution in [3.05, 3.63) is 59.2 Å².